The molecule has 0 atom stereocenters. The molecular formula is C22H24N2O2. The summed E-state index contributed by atoms with van der Waals surface area (Å²) in [7, 11) is 0. The third kappa shape index (κ3) is 3.69. The largest absolute Gasteiger partial charge is 0.352 e. The van der Waals surface area contributed by atoms with Gasteiger partial charge in [-0.2, -0.15) is 0 Å². The highest BCUT2D eigenvalue weighted by Gasteiger charge is 2.09. The molecule has 3 aromatic rings. The molecule has 1 heterocycles. The predicted octanol–water partition coefficient (Wildman–Crippen LogP) is 3.73. The van der Waals surface area contributed by atoms with Crippen LogP contribution in [0.5, 0.6) is 0 Å². The van der Waals surface area contributed by atoms with Gasteiger partial charge in [0, 0.05) is 17.7 Å². The van der Waals surface area contributed by atoms with Crippen LogP contribution in [0.2, 0.25) is 0 Å². The summed E-state index contributed by atoms with van der Waals surface area (Å²) in [5.41, 5.74) is 6.50. The molecule has 134 valence electrons. The Morgan fingerprint density at radius 2 is 1.69 bits per heavy atom. The Balaban J connectivity index is 1.73. The van der Waals surface area contributed by atoms with Crippen LogP contribution in [0, 0.1) is 27.7 Å². The van der Waals surface area contributed by atoms with E-state index in [4.69, 9.17) is 0 Å². The van der Waals surface area contributed by atoms with Gasteiger partial charge < -0.3 is 10.3 Å². The first-order valence-electron chi connectivity index (χ1n) is 8.84. The Bertz CT molecular complexity index is 1030. The van der Waals surface area contributed by atoms with Crippen molar-refractivity contribution >= 4 is 16.8 Å². The molecule has 0 radical (unpaired) electrons. The number of rotatable bonds is 4. The molecule has 1 aromatic heterocycles. The first-order valence-corrected chi connectivity index (χ1v) is 8.84. The van der Waals surface area contributed by atoms with Crippen LogP contribution in [0.15, 0.2) is 41.2 Å². The summed E-state index contributed by atoms with van der Waals surface area (Å²) in [6.45, 7) is 8.41. The van der Waals surface area contributed by atoms with Crippen molar-refractivity contribution in [2.24, 2.45) is 0 Å². The van der Waals surface area contributed by atoms with Crippen LogP contribution < -0.4 is 10.9 Å². The van der Waals surface area contributed by atoms with Gasteiger partial charge in [0.05, 0.1) is 5.52 Å². The van der Waals surface area contributed by atoms with Crippen molar-refractivity contribution in [3.05, 3.63) is 80.1 Å². The second-order valence-electron chi connectivity index (χ2n) is 6.98. The maximum Gasteiger partial charge on any atom is 0.251 e. The number of H-pyrrole nitrogens is 1. The van der Waals surface area contributed by atoms with Crippen molar-refractivity contribution in [3.8, 4) is 0 Å². The van der Waals surface area contributed by atoms with Crippen LogP contribution in [0.4, 0.5) is 0 Å². The molecular weight excluding hydrogens is 324 g/mol. The number of carbonyl (C=O) groups is 1. The molecule has 0 aliphatic rings. The number of carbonyl (C=O) groups excluding carboxylic acids is 1. The molecule has 2 N–H and O–H groups in total. The highest BCUT2D eigenvalue weighted by Crippen LogP contribution is 2.19. The van der Waals surface area contributed by atoms with E-state index in [9.17, 15) is 9.59 Å². The number of hydrogen-bond acceptors (Lipinski definition) is 2. The second-order valence-corrected chi connectivity index (χ2v) is 6.98. The number of amides is 1. The highest BCUT2D eigenvalue weighted by atomic mass is 16.1. The zero-order valence-corrected chi connectivity index (χ0v) is 15.7. The van der Waals surface area contributed by atoms with Gasteiger partial charge in [0.2, 0.25) is 0 Å². The molecule has 2 aromatic carbocycles. The van der Waals surface area contributed by atoms with Gasteiger partial charge in [-0.3, -0.25) is 9.59 Å². The van der Waals surface area contributed by atoms with Gasteiger partial charge in [-0.25, -0.2) is 0 Å². The molecule has 1 amide bonds. The molecule has 0 unspecified atom stereocenters. The van der Waals surface area contributed by atoms with Crippen LogP contribution in [0.3, 0.4) is 0 Å². The Hall–Kier alpha value is -2.88. The van der Waals surface area contributed by atoms with Gasteiger partial charge in [0.25, 0.3) is 11.5 Å². The summed E-state index contributed by atoms with van der Waals surface area (Å²) >= 11 is 0. The van der Waals surface area contributed by atoms with E-state index < -0.39 is 0 Å². The van der Waals surface area contributed by atoms with Gasteiger partial charge in [-0.15, -0.1) is 0 Å². The minimum Gasteiger partial charge on any atom is -0.352 e. The number of hydrogen-bond donors (Lipinski definition) is 2. The van der Waals surface area contributed by atoms with Crippen LogP contribution >= 0.6 is 0 Å². The standard InChI is InChI=1S/C22H24N2O2/c1-13-9-14(2)11-19(10-13)21(25)23-8-7-18-12-17-6-5-15(3)16(4)20(17)24-22(18)26/h5-6,9-12H,7-8H2,1-4H3,(H,23,25)(H,24,26). The molecule has 26 heavy (non-hydrogen) atoms. The fourth-order valence-corrected chi connectivity index (χ4v) is 3.27. The topological polar surface area (TPSA) is 62.0 Å². The average molecular weight is 348 g/mol. The van der Waals surface area contributed by atoms with Crippen molar-refractivity contribution in [1.82, 2.24) is 10.3 Å². The smallest absolute Gasteiger partial charge is 0.251 e. The minimum atomic E-state index is -0.111. The number of aromatic amines is 1. The first-order chi connectivity index (χ1) is 12.3. The van der Waals surface area contributed by atoms with E-state index in [2.05, 4.69) is 16.4 Å². The van der Waals surface area contributed by atoms with E-state index in [0.29, 0.717) is 24.1 Å². The van der Waals surface area contributed by atoms with Crippen molar-refractivity contribution in [3.63, 3.8) is 0 Å². The molecule has 4 nitrogen and oxygen atoms in total. The molecule has 0 spiro atoms. The first kappa shape index (κ1) is 17.9. The highest BCUT2D eigenvalue weighted by molar-refractivity contribution is 5.94. The molecule has 0 fully saturated rings. The maximum atomic E-state index is 12.4. The van der Waals surface area contributed by atoms with E-state index in [1.54, 1.807) is 0 Å². The number of pyridine rings is 1. The molecule has 0 aliphatic carbocycles. The molecule has 4 heteroatoms. The van der Waals surface area contributed by atoms with Gasteiger partial charge in [0.15, 0.2) is 0 Å². The molecule has 0 saturated heterocycles. The lowest BCUT2D eigenvalue weighted by molar-refractivity contribution is 0.0954. The molecule has 3 rings (SSSR count). The van der Waals surface area contributed by atoms with Crippen LogP contribution in [0.25, 0.3) is 10.9 Å². The summed E-state index contributed by atoms with van der Waals surface area (Å²) < 4.78 is 0. The van der Waals surface area contributed by atoms with Crippen LogP contribution in [-0.4, -0.2) is 17.4 Å². The van der Waals surface area contributed by atoms with E-state index >= 15 is 0 Å². The third-order valence-electron chi connectivity index (χ3n) is 4.79. The van der Waals surface area contributed by atoms with Gasteiger partial charge in [-0.05, 0) is 68.8 Å². The summed E-state index contributed by atoms with van der Waals surface area (Å²) in [6, 6.07) is 11.8. The molecule has 0 aliphatic heterocycles. The average Bonchev–Trinajstić information content (AvgIpc) is 2.58. The molecule has 0 saturated carbocycles. The number of fused-ring (bicyclic) bond motifs is 1. The van der Waals surface area contributed by atoms with E-state index in [-0.39, 0.29) is 11.5 Å². The number of benzene rings is 2. The van der Waals surface area contributed by atoms with Crippen LogP contribution in [0.1, 0.15) is 38.2 Å². The number of nitrogens with one attached hydrogen (secondary N) is 2. The van der Waals surface area contributed by atoms with Crippen LogP contribution in [-0.2, 0) is 6.42 Å². The quantitative estimate of drug-likeness (QED) is 0.754. The van der Waals surface area contributed by atoms with Gasteiger partial charge in [-0.1, -0.05) is 29.3 Å². The van der Waals surface area contributed by atoms with Gasteiger partial charge in [0.1, 0.15) is 0 Å². The Kier molecular flexibility index (Phi) is 4.94. The van der Waals surface area contributed by atoms with Crippen molar-refractivity contribution in [2.75, 3.05) is 6.54 Å². The summed E-state index contributed by atoms with van der Waals surface area (Å²) in [6.07, 6.45) is 0.495. The van der Waals surface area contributed by atoms with Crippen molar-refractivity contribution < 1.29 is 4.79 Å². The molecule has 0 bridgehead atoms. The lowest BCUT2D eigenvalue weighted by Gasteiger charge is -2.09. The second kappa shape index (κ2) is 7.16. The number of aromatic nitrogens is 1. The Labute approximate surface area is 153 Å². The van der Waals surface area contributed by atoms with Crippen molar-refractivity contribution in [2.45, 2.75) is 34.1 Å². The lowest BCUT2D eigenvalue weighted by Crippen LogP contribution is -2.27. The normalized spacial score (nSPS) is 10.9. The number of aryl methyl sites for hydroxylation is 4. The SMILES string of the molecule is Cc1cc(C)cc(C(=O)NCCc2cc3ccc(C)c(C)c3[nH]c2=O)c1. The summed E-state index contributed by atoms with van der Waals surface area (Å²) in [5.74, 6) is -0.111. The zero-order chi connectivity index (χ0) is 18.8. The Morgan fingerprint density at radius 3 is 2.38 bits per heavy atom. The van der Waals surface area contributed by atoms with Crippen molar-refractivity contribution in [1.29, 1.82) is 0 Å². The lowest BCUT2D eigenvalue weighted by atomic mass is 10.0. The third-order valence-corrected chi connectivity index (χ3v) is 4.79. The fraction of sp³-hybridized carbons (Fsp3) is 0.273. The van der Waals surface area contributed by atoms with E-state index in [1.807, 2.05) is 58.0 Å². The predicted molar refractivity (Wildman–Crippen MR) is 106 cm³/mol. The fourth-order valence-electron chi connectivity index (χ4n) is 3.27. The van der Waals surface area contributed by atoms with Gasteiger partial charge >= 0.3 is 0 Å². The Morgan fingerprint density at radius 1 is 1.00 bits per heavy atom. The summed E-state index contributed by atoms with van der Waals surface area (Å²) in [4.78, 5) is 27.7. The maximum absolute atomic E-state index is 12.4. The summed E-state index contributed by atoms with van der Waals surface area (Å²) in [5, 5.41) is 3.92. The minimum absolute atomic E-state index is 0.0909. The van der Waals surface area contributed by atoms with E-state index in [1.165, 1.54) is 0 Å². The van der Waals surface area contributed by atoms with E-state index in [0.717, 1.165) is 33.2 Å². The zero-order valence-electron chi connectivity index (χ0n) is 15.7. The monoisotopic (exact) mass is 348 g/mol.